The molecule has 0 bridgehead atoms. The summed E-state index contributed by atoms with van der Waals surface area (Å²) in [5.41, 5.74) is 1.46. The molecule has 0 aliphatic heterocycles. The molecule has 2 aromatic carbocycles. The molecule has 2 N–H and O–H groups in total. The molecule has 9 heteroatoms. The number of nitrogens with zero attached hydrogens (tertiary/aromatic N) is 1. The van der Waals surface area contributed by atoms with Gasteiger partial charge in [-0.05, 0) is 75.4 Å². The Bertz CT molecular complexity index is 1120. The van der Waals surface area contributed by atoms with Gasteiger partial charge in [-0.3, -0.25) is 9.59 Å². The first-order valence-corrected chi connectivity index (χ1v) is 13.0. The Morgan fingerprint density at radius 3 is 2.24 bits per heavy atom. The van der Waals surface area contributed by atoms with E-state index in [9.17, 15) is 14.4 Å². The zero-order valence-electron chi connectivity index (χ0n) is 22.3. The number of benzene rings is 2. The summed E-state index contributed by atoms with van der Waals surface area (Å²) >= 11 is 4.34. The first-order chi connectivity index (χ1) is 17.4. The van der Waals surface area contributed by atoms with E-state index in [4.69, 9.17) is 9.47 Å². The van der Waals surface area contributed by atoms with E-state index in [-0.39, 0.29) is 29.5 Å². The van der Waals surface area contributed by atoms with Gasteiger partial charge in [-0.25, -0.2) is 4.79 Å². The van der Waals surface area contributed by atoms with E-state index < -0.39 is 23.8 Å². The van der Waals surface area contributed by atoms with Crippen LogP contribution in [0.5, 0.6) is 5.75 Å². The van der Waals surface area contributed by atoms with Gasteiger partial charge in [0, 0.05) is 17.5 Å². The predicted octanol–water partition coefficient (Wildman–Crippen LogP) is 4.74. The summed E-state index contributed by atoms with van der Waals surface area (Å²) < 4.78 is 10.6. The molecule has 37 heavy (non-hydrogen) atoms. The second-order valence-electron chi connectivity index (χ2n) is 10.4. The summed E-state index contributed by atoms with van der Waals surface area (Å²) in [7, 11) is 1.57. The van der Waals surface area contributed by atoms with Crippen LogP contribution in [-0.2, 0) is 14.3 Å². The average molecular weight is 528 g/mol. The molecule has 200 valence electrons. The van der Waals surface area contributed by atoms with Crippen molar-refractivity contribution in [3.63, 3.8) is 0 Å². The van der Waals surface area contributed by atoms with Gasteiger partial charge in [0.25, 0.3) is 5.91 Å². The second-order valence-corrected chi connectivity index (χ2v) is 10.7. The van der Waals surface area contributed by atoms with Gasteiger partial charge in [-0.1, -0.05) is 31.2 Å². The number of ether oxygens (including phenoxy) is 2. The number of nitrogens with one attached hydrogen (secondary N) is 2. The third-order valence-electron chi connectivity index (χ3n) is 6.22. The Kier molecular flexibility index (Phi) is 9.12. The van der Waals surface area contributed by atoms with Crippen LogP contribution >= 0.6 is 12.6 Å². The molecule has 0 heterocycles. The number of hydrogen-bond acceptors (Lipinski definition) is 6. The number of amides is 3. The second kappa shape index (κ2) is 11.9. The van der Waals surface area contributed by atoms with Gasteiger partial charge in [0.05, 0.1) is 7.11 Å². The maximum Gasteiger partial charge on any atom is 0.408 e. The van der Waals surface area contributed by atoms with E-state index in [2.05, 4.69) is 23.3 Å². The molecule has 0 spiro atoms. The number of alkyl carbamates (subject to hydrolysis) is 1. The lowest BCUT2D eigenvalue weighted by Crippen LogP contribution is -2.54. The van der Waals surface area contributed by atoms with Gasteiger partial charge in [-0.2, -0.15) is 12.6 Å². The highest BCUT2D eigenvalue weighted by Crippen LogP contribution is 2.41. The maximum absolute atomic E-state index is 14.0. The van der Waals surface area contributed by atoms with Crippen molar-refractivity contribution >= 4 is 36.2 Å². The van der Waals surface area contributed by atoms with Crippen LogP contribution in [0, 0.1) is 12.8 Å². The number of hydrogen-bond donors (Lipinski definition) is 3. The van der Waals surface area contributed by atoms with Gasteiger partial charge >= 0.3 is 6.09 Å². The van der Waals surface area contributed by atoms with Crippen molar-refractivity contribution < 1.29 is 23.9 Å². The molecule has 0 aromatic heterocycles. The lowest BCUT2D eigenvalue weighted by atomic mass is 9.97. The van der Waals surface area contributed by atoms with E-state index in [0.29, 0.717) is 11.4 Å². The van der Waals surface area contributed by atoms with Crippen LogP contribution in [-0.4, -0.2) is 53.4 Å². The number of aryl methyl sites for hydroxylation is 1. The summed E-state index contributed by atoms with van der Waals surface area (Å²) in [5, 5.41) is 5.61. The van der Waals surface area contributed by atoms with E-state index in [0.717, 1.165) is 17.5 Å². The van der Waals surface area contributed by atoms with Crippen molar-refractivity contribution in [2.24, 2.45) is 5.92 Å². The Labute approximate surface area is 224 Å². The van der Waals surface area contributed by atoms with E-state index >= 15 is 0 Å². The summed E-state index contributed by atoms with van der Waals surface area (Å²) in [6.07, 6.45) is 0.0502. The van der Waals surface area contributed by atoms with Crippen LogP contribution in [0.25, 0.3) is 0 Å². The lowest BCUT2D eigenvalue weighted by molar-refractivity contribution is -0.141. The van der Waals surface area contributed by atoms with Crippen molar-refractivity contribution in [3.8, 4) is 5.75 Å². The van der Waals surface area contributed by atoms with Gasteiger partial charge < -0.3 is 25.0 Å². The molecule has 1 saturated carbocycles. The molecule has 0 saturated heterocycles. The molecule has 1 aliphatic carbocycles. The van der Waals surface area contributed by atoms with Crippen molar-refractivity contribution in [2.75, 3.05) is 18.2 Å². The molecule has 1 fully saturated rings. The first kappa shape index (κ1) is 28.4. The van der Waals surface area contributed by atoms with Crippen LogP contribution in [0.3, 0.4) is 0 Å². The molecule has 1 aliphatic rings. The number of thiol groups is 1. The van der Waals surface area contributed by atoms with Gasteiger partial charge in [0.1, 0.15) is 23.4 Å². The smallest absolute Gasteiger partial charge is 0.408 e. The first-order valence-electron chi connectivity index (χ1n) is 12.4. The van der Waals surface area contributed by atoms with Gasteiger partial charge in [-0.15, -0.1) is 0 Å². The summed E-state index contributed by atoms with van der Waals surface area (Å²) in [5.74, 6) is 0.208. The van der Waals surface area contributed by atoms with Crippen molar-refractivity contribution in [1.82, 2.24) is 10.2 Å². The van der Waals surface area contributed by atoms with E-state index in [1.165, 1.54) is 0 Å². The third-order valence-corrected chi connectivity index (χ3v) is 6.58. The highest BCUT2D eigenvalue weighted by molar-refractivity contribution is 7.80. The van der Waals surface area contributed by atoms with Crippen LogP contribution in [0.4, 0.5) is 10.5 Å². The summed E-state index contributed by atoms with van der Waals surface area (Å²) in [6.45, 7) is 9.20. The molecule has 3 rings (SSSR count). The monoisotopic (exact) mass is 527 g/mol. The normalized spacial score (nSPS) is 18.2. The van der Waals surface area contributed by atoms with Gasteiger partial charge in [0.2, 0.25) is 5.91 Å². The molecular formula is C28H37N3O5S. The molecule has 8 nitrogen and oxygen atoms in total. The Balaban J connectivity index is 1.97. The third kappa shape index (κ3) is 7.41. The van der Waals surface area contributed by atoms with Crippen LogP contribution < -0.4 is 15.4 Å². The average Bonchev–Trinajstić information content (AvgIpc) is 3.56. The fourth-order valence-electron chi connectivity index (χ4n) is 4.18. The number of methoxy groups -OCH3 is 1. The number of rotatable bonds is 9. The Morgan fingerprint density at radius 2 is 1.73 bits per heavy atom. The largest absolute Gasteiger partial charge is 0.497 e. The SMILES string of the molecule is COc1ccc(NC(=O)C(c2ccccc2C)N(C(=O)C(CS)NC(=O)OC(C)(C)C)C2CC2C)cc1. The predicted molar refractivity (Wildman–Crippen MR) is 147 cm³/mol. The maximum atomic E-state index is 14.0. The minimum atomic E-state index is -0.966. The van der Waals surface area contributed by atoms with Gasteiger partial charge in [0.15, 0.2) is 0 Å². The highest BCUT2D eigenvalue weighted by atomic mass is 32.1. The van der Waals surface area contributed by atoms with Crippen LogP contribution in [0.15, 0.2) is 48.5 Å². The minimum absolute atomic E-state index is 0.0519. The molecule has 0 radical (unpaired) electrons. The topological polar surface area (TPSA) is 97.0 Å². The standard InChI is InChI=1S/C28H37N3O5S/c1-17-9-7-8-10-21(17)24(25(32)29-19-11-13-20(35-6)14-12-19)31(23-15-18(23)2)26(33)22(16-37)30-27(34)36-28(3,4)5/h7-14,18,22-24,37H,15-16H2,1-6H3,(H,29,32)(H,30,34). The molecule has 3 amide bonds. The summed E-state index contributed by atoms with van der Waals surface area (Å²) in [6, 6.07) is 12.5. The fourth-order valence-corrected chi connectivity index (χ4v) is 4.43. The molecular weight excluding hydrogens is 490 g/mol. The Hall–Kier alpha value is -3.20. The van der Waals surface area contributed by atoms with Crippen molar-refractivity contribution in [3.05, 3.63) is 59.7 Å². The van der Waals surface area contributed by atoms with E-state index in [1.54, 1.807) is 57.0 Å². The number of anilines is 1. The minimum Gasteiger partial charge on any atom is -0.497 e. The van der Waals surface area contributed by atoms with Crippen LogP contribution in [0.1, 0.15) is 51.3 Å². The summed E-state index contributed by atoms with van der Waals surface area (Å²) in [4.78, 5) is 42.0. The number of carbonyl (C=O) groups is 3. The highest BCUT2D eigenvalue weighted by Gasteiger charge is 2.48. The number of carbonyl (C=O) groups excluding carboxylic acids is 3. The quantitative estimate of drug-likeness (QED) is 0.409. The molecule has 2 aromatic rings. The van der Waals surface area contributed by atoms with Crippen molar-refractivity contribution in [1.29, 1.82) is 0 Å². The van der Waals surface area contributed by atoms with Crippen molar-refractivity contribution in [2.45, 2.75) is 64.8 Å². The molecule has 4 atom stereocenters. The lowest BCUT2D eigenvalue weighted by Gasteiger charge is -2.35. The Morgan fingerprint density at radius 1 is 1.11 bits per heavy atom. The van der Waals surface area contributed by atoms with E-state index in [1.807, 2.05) is 38.1 Å². The fraction of sp³-hybridized carbons (Fsp3) is 0.464. The van der Waals surface area contributed by atoms with Crippen LogP contribution in [0.2, 0.25) is 0 Å². The molecule has 4 unspecified atom stereocenters. The zero-order chi connectivity index (χ0) is 27.3. The zero-order valence-corrected chi connectivity index (χ0v) is 23.2.